The van der Waals surface area contributed by atoms with Gasteiger partial charge in [0, 0.05) is 20.2 Å². The van der Waals surface area contributed by atoms with Crippen LogP contribution >= 0.6 is 0 Å². The Kier molecular flexibility index (Phi) is 6.83. The van der Waals surface area contributed by atoms with Crippen molar-refractivity contribution in [2.45, 2.75) is 71.1 Å². The highest BCUT2D eigenvalue weighted by Crippen LogP contribution is 2.61. The van der Waals surface area contributed by atoms with Crippen molar-refractivity contribution in [1.29, 1.82) is 0 Å². The summed E-state index contributed by atoms with van der Waals surface area (Å²) in [5, 5.41) is 3.65. The van der Waals surface area contributed by atoms with Crippen molar-refractivity contribution in [1.82, 2.24) is 5.32 Å². The monoisotopic (exact) mass is 281 g/mol. The first kappa shape index (κ1) is 16.3. The molecule has 0 spiro atoms. The highest BCUT2D eigenvalue weighted by Gasteiger charge is 2.52. The van der Waals surface area contributed by atoms with Crippen molar-refractivity contribution in [3.63, 3.8) is 0 Å². The van der Waals surface area contributed by atoms with Crippen LogP contribution in [0.2, 0.25) is 0 Å². The molecule has 0 aromatic heterocycles. The minimum absolute atomic E-state index is 0.645. The molecule has 2 heteroatoms. The van der Waals surface area contributed by atoms with Crippen LogP contribution in [0.5, 0.6) is 0 Å². The molecular weight excluding hydrogens is 246 g/mol. The fourth-order valence-electron chi connectivity index (χ4n) is 4.25. The third kappa shape index (κ3) is 5.04. The van der Waals surface area contributed by atoms with Gasteiger partial charge in [0.15, 0.2) is 0 Å². The second-order valence-corrected chi connectivity index (χ2v) is 7.35. The molecule has 0 heterocycles. The van der Waals surface area contributed by atoms with Crippen LogP contribution in [-0.2, 0) is 4.74 Å². The third-order valence-corrected chi connectivity index (χ3v) is 5.50. The number of ether oxygens (including phenoxy) is 1. The van der Waals surface area contributed by atoms with E-state index in [1.807, 2.05) is 0 Å². The molecule has 2 nitrogen and oxygen atoms in total. The van der Waals surface area contributed by atoms with Crippen LogP contribution in [0.25, 0.3) is 0 Å². The van der Waals surface area contributed by atoms with E-state index in [1.165, 1.54) is 70.8 Å². The standard InChI is InChI=1S/C18H35NO/c1-3-4-5-6-7-8-9-18(15-19-10-11-20-2)13-16-12-17(16)14-18/h16-17,19H,3-15H2,1-2H3. The molecule has 0 radical (unpaired) electrons. The van der Waals surface area contributed by atoms with Gasteiger partial charge in [-0.2, -0.15) is 0 Å². The number of rotatable bonds is 12. The molecule has 2 aliphatic carbocycles. The molecule has 0 amide bonds. The number of hydrogen-bond acceptors (Lipinski definition) is 2. The van der Waals surface area contributed by atoms with E-state index in [1.54, 1.807) is 7.11 Å². The molecular formula is C18H35NO. The number of methoxy groups -OCH3 is 1. The van der Waals surface area contributed by atoms with Crippen molar-refractivity contribution in [3.8, 4) is 0 Å². The van der Waals surface area contributed by atoms with Crippen LogP contribution in [0.1, 0.15) is 71.1 Å². The molecule has 2 rings (SSSR count). The van der Waals surface area contributed by atoms with Crippen LogP contribution in [0, 0.1) is 17.3 Å². The maximum Gasteiger partial charge on any atom is 0.0587 e. The second-order valence-electron chi connectivity index (χ2n) is 7.35. The van der Waals surface area contributed by atoms with Crippen LogP contribution in [0.3, 0.4) is 0 Å². The lowest BCUT2D eigenvalue weighted by Gasteiger charge is -2.31. The Hall–Kier alpha value is -0.0800. The van der Waals surface area contributed by atoms with Gasteiger partial charge in [-0.05, 0) is 42.9 Å². The Morgan fingerprint density at radius 3 is 2.45 bits per heavy atom. The zero-order chi connectivity index (χ0) is 14.3. The van der Waals surface area contributed by atoms with E-state index in [4.69, 9.17) is 4.74 Å². The van der Waals surface area contributed by atoms with E-state index >= 15 is 0 Å². The van der Waals surface area contributed by atoms with Crippen LogP contribution in [0.4, 0.5) is 0 Å². The van der Waals surface area contributed by atoms with Crippen LogP contribution in [0.15, 0.2) is 0 Å². The van der Waals surface area contributed by atoms with Gasteiger partial charge < -0.3 is 10.1 Å². The summed E-state index contributed by atoms with van der Waals surface area (Å²) >= 11 is 0. The molecule has 0 saturated heterocycles. The normalized spacial score (nSPS) is 31.5. The zero-order valence-electron chi connectivity index (χ0n) is 13.8. The van der Waals surface area contributed by atoms with Crippen molar-refractivity contribution >= 4 is 0 Å². The summed E-state index contributed by atoms with van der Waals surface area (Å²) in [6, 6.07) is 0. The topological polar surface area (TPSA) is 21.3 Å². The quantitative estimate of drug-likeness (QED) is 0.536. The average molecular weight is 281 g/mol. The molecule has 0 bridgehead atoms. The molecule has 0 aliphatic heterocycles. The van der Waals surface area contributed by atoms with Gasteiger partial charge in [0.05, 0.1) is 6.61 Å². The van der Waals surface area contributed by atoms with E-state index in [0.29, 0.717) is 5.41 Å². The van der Waals surface area contributed by atoms with Gasteiger partial charge >= 0.3 is 0 Å². The predicted octanol–water partition coefficient (Wildman–Crippen LogP) is 4.39. The van der Waals surface area contributed by atoms with Gasteiger partial charge in [-0.3, -0.25) is 0 Å². The SMILES string of the molecule is CCCCCCCCC1(CNCCOC)CC2CC2C1. The molecule has 2 unspecified atom stereocenters. The number of hydrogen-bond donors (Lipinski definition) is 1. The Bertz CT molecular complexity index is 256. The number of unbranched alkanes of at least 4 members (excludes halogenated alkanes) is 5. The second kappa shape index (κ2) is 8.38. The Balaban J connectivity index is 1.62. The van der Waals surface area contributed by atoms with Gasteiger partial charge in [0.25, 0.3) is 0 Å². The minimum atomic E-state index is 0.645. The van der Waals surface area contributed by atoms with Gasteiger partial charge in [0.1, 0.15) is 0 Å². The maximum absolute atomic E-state index is 5.14. The molecule has 2 saturated carbocycles. The Morgan fingerprint density at radius 2 is 1.75 bits per heavy atom. The molecule has 118 valence electrons. The first-order valence-electron chi connectivity index (χ1n) is 8.99. The summed E-state index contributed by atoms with van der Waals surface area (Å²) in [5.74, 6) is 2.19. The van der Waals surface area contributed by atoms with Crippen molar-refractivity contribution in [2.75, 3.05) is 26.8 Å². The van der Waals surface area contributed by atoms with Crippen LogP contribution in [-0.4, -0.2) is 26.8 Å². The fraction of sp³-hybridized carbons (Fsp3) is 1.00. The fourth-order valence-corrected chi connectivity index (χ4v) is 4.25. The Labute approximate surface area is 126 Å². The largest absolute Gasteiger partial charge is 0.383 e. The van der Waals surface area contributed by atoms with E-state index in [9.17, 15) is 0 Å². The van der Waals surface area contributed by atoms with Gasteiger partial charge in [-0.15, -0.1) is 0 Å². The first-order valence-corrected chi connectivity index (χ1v) is 8.99. The van der Waals surface area contributed by atoms with Crippen LogP contribution < -0.4 is 5.32 Å². The van der Waals surface area contributed by atoms with E-state index < -0.39 is 0 Å². The summed E-state index contributed by atoms with van der Waals surface area (Å²) in [6.07, 6.45) is 14.6. The molecule has 0 aromatic rings. The lowest BCUT2D eigenvalue weighted by atomic mass is 9.78. The average Bonchev–Trinajstić information content (AvgIpc) is 3.07. The number of fused-ring (bicyclic) bond motifs is 1. The molecule has 20 heavy (non-hydrogen) atoms. The summed E-state index contributed by atoms with van der Waals surface area (Å²) in [4.78, 5) is 0. The summed E-state index contributed by atoms with van der Waals surface area (Å²) < 4.78 is 5.14. The van der Waals surface area contributed by atoms with Crippen molar-refractivity contribution in [2.24, 2.45) is 17.3 Å². The lowest BCUT2D eigenvalue weighted by molar-refractivity contribution is 0.180. The lowest BCUT2D eigenvalue weighted by Crippen LogP contribution is -2.35. The summed E-state index contributed by atoms with van der Waals surface area (Å²) in [5.41, 5.74) is 0.645. The van der Waals surface area contributed by atoms with E-state index in [-0.39, 0.29) is 0 Å². The minimum Gasteiger partial charge on any atom is -0.383 e. The highest BCUT2D eigenvalue weighted by atomic mass is 16.5. The predicted molar refractivity (Wildman–Crippen MR) is 86.0 cm³/mol. The van der Waals surface area contributed by atoms with Gasteiger partial charge in [-0.25, -0.2) is 0 Å². The third-order valence-electron chi connectivity index (χ3n) is 5.50. The highest BCUT2D eigenvalue weighted by molar-refractivity contribution is 5.04. The first-order chi connectivity index (χ1) is 9.79. The maximum atomic E-state index is 5.14. The summed E-state index contributed by atoms with van der Waals surface area (Å²) in [7, 11) is 1.79. The number of nitrogens with one attached hydrogen (secondary N) is 1. The van der Waals surface area contributed by atoms with Gasteiger partial charge in [0.2, 0.25) is 0 Å². The molecule has 1 N–H and O–H groups in total. The summed E-state index contributed by atoms with van der Waals surface area (Å²) in [6.45, 7) is 5.40. The van der Waals surface area contributed by atoms with Gasteiger partial charge in [-0.1, -0.05) is 45.4 Å². The molecule has 0 aromatic carbocycles. The van der Waals surface area contributed by atoms with E-state index in [0.717, 1.165) is 25.0 Å². The smallest absolute Gasteiger partial charge is 0.0587 e. The zero-order valence-corrected chi connectivity index (χ0v) is 13.8. The molecule has 2 aliphatic rings. The van der Waals surface area contributed by atoms with E-state index in [2.05, 4.69) is 12.2 Å². The van der Waals surface area contributed by atoms with Crippen molar-refractivity contribution in [3.05, 3.63) is 0 Å². The Morgan fingerprint density at radius 1 is 1.05 bits per heavy atom. The molecule has 2 atom stereocenters. The van der Waals surface area contributed by atoms with Crippen molar-refractivity contribution < 1.29 is 4.74 Å². The molecule has 2 fully saturated rings.